The van der Waals surface area contributed by atoms with Crippen LogP contribution in [0.5, 0.6) is 0 Å². The van der Waals surface area contributed by atoms with Gasteiger partial charge in [0.15, 0.2) is 5.78 Å². The van der Waals surface area contributed by atoms with Crippen molar-refractivity contribution in [1.82, 2.24) is 9.46 Å². The predicted molar refractivity (Wildman–Crippen MR) is 89.3 cm³/mol. The number of Topliss-reactive ketones (excluding diaryl/α,β-unsaturated/α-hetero) is 1. The van der Waals surface area contributed by atoms with E-state index in [9.17, 15) is 17.6 Å². The zero-order chi connectivity index (χ0) is 18.0. The van der Waals surface area contributed by atoms with Gasteiger partial charge >= 0.3 is 0 Å². The highest BCUT2D eigenvalue weighted by atomic mass is 32.2. The number of piperazine rings is 1. The summed E-state index contributed by atoms with van der Waals surface area (Å²) in [6.07, 6.45) is 1.33. The molecule has 1 aromatic carbocycles. The van der Waals surface area contributed by atoms with Crippen molar-refractivity contribution >= 4 is 21.5 Å². The third kappa shape index (κ3) is 3.72. The smallest absolute Gasteiger partial charge is 0.220 e. The van der Waals surface area contributed by atoms with Gasteiger partial charge in [-0.05, 0) is 19.1 Å². The van der Waals surface area contributed by atoms with E-state index < -0.39 is 15.8 Å². The van der Waals surface area contributed by atoms with Crippen LogP contribution in [-0.4, -0.2) is 49.8 Å². The van der Waals surface area contributed by atoms with Crippen molar-refractivity contribution in [3.05, 3.63) is 47.6 Å². The zero-order valence-corrected chi connectivity index (χ0v) is 14.5. The number of hydrogen-bond donors (Lipinski definition) is 0. The van der Waals surface area contributed by atoms with Crippen LogP contribution in [0, 0.1) is 5.82 Å². The Morgan fingerprint density at radius 1 is 1.24 bits per heavy atom. The highest BCUT2D eigenvalue weighted by Gasteiger charge is 2.29. The molecule has 1 saturated heterocycles. The van der Waals surface area contributed by atoms with Gasteiger partial charge in [0.1, 0.15) is 17.8 Å². The Kier molecular flexibility index (Phi) is 4.87. The lowest BCUT2D eigenvalue weighted by molar-refractivity contribution is 0.101. The van der Waals surface area contributed by atoms with Crippen LogP contribution in [0.4, 0.5) is 10.1 Å². The molecular formula is C16H18FN3O4S. The average molecular weight is 367 g/mol. The number of carbonyl (C=O) groups is 1. The van der Waals surface area contributed by atoms with E-state index in [1.165, 1.54) is 29.6 Å². The normalized spacial score (nSPS) is 16.2. The van der Waals surface area contributed by atoms with Gasteiger partial charge in [-0.3, -0.25) is 4.79 Å². The van der Waals surface area contributed by atoms with Gasteiger partial charge in [0.05, 0.1) is 16.9 Å². The highest BCUT2D eigenvalue weighted by molar-refractivity contribution is 7.88. The molecule has 25 heavy (non-hydrogen) atoms. The molecule has 134 valence electrons. The average Bonchev–Trinajstić information content (AvgIpc) is 3.06. The molecular weight excluding hydrogens is 349 g/mol. The lowest BCUT2D eigenvalue weighted by Gasteiger charge is -2.36. The van der Waals surface area contributed by atoms with Crippen molar-refractivity contribution < 1.29 is 22.1 Å². The molecule has 0 amide bonds. The van der Waals surface area contributed by atoms with E-state index in [1.807, 2.05) is 4.90 Å². The molecule has 9 heteroatoms. The van der Waals surface area contributed by atoms with E-state index in [1.54, 1.807) is 12.1 Å². The number of hydrogen-bond acceptors (Lipinski definition) is 6. The second-order valence-corrected chi connectivity index (χ2v) is 7.79. The maximum absolute atomic E-state index is 14.0. The van der Waals surface area contributed by atoms with Crippen LogP contribution in [0.3, 0.4) is 0 Å². The lowest BCUT2D eigenvalue weighted by Crippen LogP contribution is -2.49. The summed E-state index contributed by atoms with van der Waals surface area (Å²) in [4.78, 5) is 13.6. The van der Waals surface area contributed by atoms with Crippen molar-refractivity contribution in [2.24, 2.45) is 0 Å². The van der Waals surface area contributed by atoms with E-state index in [0.717, 1.165) is 0 Å². The second-order valence-electron chi connectivity index (χ2n) is 5.82. The molecule has 1 aliphatic heterocycles. The molecule has 0 N–H and O–H groups in total. The molecule has 1 fully saturated rings. The van der Waals surface area contributed by atoms with E-state index in [-0.39, 0.29) is 30.2 Å². The summed E-state index contributed by atoms with van der Waals surface area (Å²) in [5.74, 6) is -1.14. The Morgan fingerprint density at radius 2 is 1.96 bits per heavy atom. The quantitative estimate of drug-likeness (QED) is 0.748. The van der Waals surface area contributed by atoms with Gasteiger partial charge in [-0.1, -0.05) is 11.2 Å². The summed E-state index contributed by atoms with van der Waals surface area (Å²) in [6, 6.07) is 5.99. The summed E-state index contributed by atoms with van der Waals surface area (Å²) in [7, 11) is -3.50. The molecule has 0 spiro atoms. The SMILES string of the molecule is CC(=O)c1c(F)cccc1N1CCN(S(=O)(=O)Cc2ccon2)CC1. The first-order valence-electron chi connectivity index (χ1n) is 7.80. The van der Waals surface area contributed by atoms with Crippen LogP contribution < -0.4 is 4.90 Å². The number of sulfonamides is 1. The third-order valence-corrected chi connectivity index (χ3v) is 5.95. The Hall–Kier alpha value is -2.26. The van der Waals surface area contributed by atoms with Crippen LogP contribution in [0.25, 0.3) is 0 Å². The molecule has 2 heterocycles. The number of halogens is 1. The molecule has 7 nitrogen and oxygen atoms in total. The van der Waals surface area contributed by atoms with E-state index in [4.69, 9.17) is 0 Å². The topological polar surface area (TPSA) is 83.7 Å². The predicted octanol–water partition coefficient (Wildman–Crippen LogP) is 1.67. The van der Waals surface area contributed by atoms with Gasteiger partial charge in [-0.15, -0.1) is 0 Å². The lowest BCUT2D eigenvalue weighted by atomic mass is 10.1. The maximum atomic E-state index is 14.0. The number of benzene rings is 1. The van der Waals surface area contributed by atoms with Crippen LogP contribution >= 0.6 is 0 Å². The molecule has 0 unspecified atom stereocenters. The largest absolute Gasteiger partial charge is 0.368 e. The number of carbonyl (C=O) groups excluding carboxylic acids is 1. The monoisotopic (exact) mass is 367 g/mol. The van der Waals surface area contributed by atoms with Crippen LogP contribution in [0.1, 0.15) is 23.0 Å². The first-order chi connectivity index (χ1) is 11.9. The number of nitrogens with zero attached hydrogens (tertiary/aromatic N) is 3. The summed E-state index contributed by atoms with van der Waals surface area (Å²) >= 11 is 0. The van der Waals surface area contributed by atoms with Gasteiger partial charge in [0.25, 0.3) is 0 Å². The number of anilines is 1. The molecule has 3 rings (SSSR count). The molecule has 1 aromatic heterocycles. The fourth-order valence-electron chi connectivity index (χ4n) is 2.92. The Labute approximate surface area is 145 Å². The molecule has 1 aliphatic rings. The van der Waals surface area contributed by atoms with E-state index in [0.29, 0.717) is 24.5 Å². The third-order valence-electron chi connectivity index (χ3n) is 4.14. The van der Waals surface area contributed by atoms with Crippen LogP contribution in [0.2, 0.25) is 0 Å². The Bertz CT molecular complexity index is 860. The fourth-order valence-corrected chi connectivity index (χ4v) is 4.35. The molecule has 0 atom stereocenters. The fraction of sp³-hybridized carbons (Fsp3) is 0.375. The number of rotatable bonds is 5. The van der Waals surface area contributed by atoms with Gasteiger partial charge < -0.3 is 9.42 Å². The summed E-state index contributed by atoms with van der Waals surface area (Å²) < 4.78 is 44.9. The van der Waals surface area contributed by atoms with Gasteiger partial charge in [-0.25, -0.2) is 12.8 Å². The minimum absolute atomic E-state index is 0.0430. The standard InChI is InChI=1S/C16H18FN3O4S/c1-12(21)16-14(17)3-2-4-15(16)19-6-8-20(9-7-19)25(22,23)11-13-5-10-24-18-13/h2-5,10H,6-9,11H2,1H3. The van der Waals surface area contributed by atoms with Gasteiger partial charge in [-0.2, -0.15) is 4.31 Å². The molecule has 0 saturated carbocycles. The molecule has 0 radical (unpaired) electrons. The highest BCUT2D eigenvalue weighted by Crippen LogP contribution is 2.25. The van der Waals surface area contributed by atoms with Gasteiger partial charge in [0.2, 0.25) is 10.0 Å². The maximum Gasteiger partial charge on any atom is 0.220 e. The molecule has 0 aliphatic carbocycles. The van der Waals surface area contributed by atoms with Gasteiger partial charge in [0, 0.05) is 32.2 Å². The van der Waals surface area contributed by atoms with E-state index >= 15 is 0 Å². The summed E-state index contributed by atoms with van der Waals surface area (Å²) in [5, 5.41) is 3.63. The van der Waals surface area contributed by atoms with Crippen molar-refractivity contribution in [3.8, 4) is 0 Å². The van der Waals surface area contributed by atoms with E-state index in [2.05, 4.69) is 9.68 Å². The minimum atomic E-state index is -3.50. The number of ketones is 1. The molecule has 0 bridgehead atoms. The zero-order valence-electron chi connectivity index (χ0n) is 13.7. The van der Waals surface area contributed by atoms with Crippen LogP contribution in [0.15, 0.2) is 35.1 Å². The second kappa shape index (κ2) is 6.93. The van der Waals surface area contributed by atoms with Crippen molar-refractivity contribution in [2.75, 3.05) is 31.1 Å². The van der Waals surface area contributed by atoms with Crippen molar-refractivity contribution in [2.45, 2.75) is 12.7 Å². The first-order valence-corrected chi connectivity index (χ1v) is 9.41. The summed E-state index contributed by atoms with van der Waals surface area (Å²) in [6.45, 7) is 2.59. The Balaban J connectivity index is 1.72. The van der Waals surface area contributed by atoms with Crippen LogP contribution in [-0.2, 0) is 15.8 Å². The number of aromatic nitrogens is 1. The summed E-state index contributed by atoms with van der Waals surface area (Å²) in [5.41, 5.74) is 0.897. The van der Waals surface area contributed by atoms with Crippen molar-refractivity contribution in [3.63, 3.8) is 0 Å². The van der Waals surface area contributed by atoms with Crippen molar-refractivity contribution in [1.29, 1.82) is 0 Å². The molecule has 2 aromatic rings. The minimum Gasteiger partial charge on any atom is -0.368 e. The Morgan fingerprint density at radius 3 is 2.56 bits per heavy atom. The first kappa shape index (κ1) is 17.6.